The van der Waals surface area contributed by atoms with Crippen molar-refractivity contribution in [3.8, 4) is 5.75 Å². The van der Waals surface area contributed by atoms with Crippen LogP contribution in [-0.2, 0) is 4.79 Å². The third-order valence-corrected chi connectivity index (χ3v) is 4.86. The Morgan fingerprint density at radius 1 is 1.36 bits per heavy atom. The van der Waals surface area contributed by atoms with Gasteiger partial charge in [-0.15, -0.1) is 0 Å². The van der Waals surface area contributed by atoms with E-state index in [9.17, 15) is 9.90 Å². The monoisotopic (exact) mass is 324 g/mol. The van der Waals surface area contributed by atoms with Crippen molar-refractivity contribution in [2.24, 2.45) is 17.6 Å². The van der Waals surface area contributed by atoms with Crippen molar-refractivity contribution in [2.75, 3.05) is 19.6 Å². The van der Waals surface area contributed by atoms with E-state index in [-0.39, 0.29) is 12.0 Å². The number of rotatable bonds is 4. The molecular weight excluding hydrogens is 304 g/mol. The van der Waals surface area contributed by atoms with Crippen molar-refractivity contribution in [1.82, 2.24) is 4.90 Å². The molecule has 0 aromatic heterocycles. The minimum atomic E-state index is -0.492. The maximum Gasteiger partial charge on any atom is 0.231 e. The van der Waals surface area contributed by atoms with E-state index in [4.69, 9.17) is 22.1 Å². The molecule has 0 bridgehead atoms. The second kappa shape index (κ2) is 6.44. The van der Waals surface area contributed by atoms with E-state index in [2.05, 4.69) is 4.90 Å². The first-order valence-electron chi connectivity index (χ1n) is 7.62. The molecule has 22 heavy (non-hydrogen) atoms. The molecule has 1 aliphatic carbocycles. The number of halogens is 1. The van der Waals surface area contributed by atoms with Gasteiger partial charge in [0.15, 0.2) is 0 Å². The molecule has 1 aliphatic heterocycles. The predicted molar refractivity (Wildman–Crippen MR) is 83.7 cm³/mol. The zero-order valence-corrected chi connectivity index (χ0v) is 13.1. The summed E-state index contributed by atoms with van der Waals surface area (Å²) < 4.78 is 5.93. The molecule has 3 N–H and O–H groups in total. The minimum Gasteiger partial charge on any atom is -0.488 e. The summed E-state index contributed by atoms with van der Waals surface area (Å²) in [5, 5.41) is 11.0. The molecule has 0 radical (unpaired) electrons. The van der Waals surface area contributed by atoms with Crippen LogP contribution in [0.5, 0.6) is 5.75 Å². The zero-order valence-electron chi connectivity index (χ0n) is 12.3. The van der Waals surface area contributed by atoms with Gasteiger partial charge in [0, 0.05) is 18.1 Å². The quantitative estimate of drug-likeness (QED) is 0.874. The topological polar surface area (TPSA) is 75.8 Å². The van der Waals surface area contributed by atoms with Crippen molar-refractivity contribution >= 4 is 17.5 Å². The zero-order chi connectivity index (χ0) is 15.7. The second-order valence-electron chi connectivity index (χ2n) is 6.33. The molecule has 4 atom stereocenters. The lowest BCUT2D eigenvalue weighted by Gasteiger charge is -2.35. The summed E-state index contributed by atoms with van der Waals surface area (Å²) in [4.78, 5) is 13.1. The summed E-state index contributed by atoms with van der Waals surface area (Å²) in [5.41, 5.74) is 5.27. The van der Waals surface area contributed by atoms with E-state index in [0.717, 1.165) is 19.5 Å². The molecule has 1 aromatic rings. The van der Waals surface area contributed by atoms with E-state index in [0.29, 0.717) is 35.6 Å². The molecule has 6 heteroatoms. The van der Waals surface area contributed by atoms with Gasteiger partial charge in [0.1, 0.15) is 11.9 Å². The number of aliphatic hydroxyl groups is 1. The average molecular weight is 325 g/mol. The Balaban J connectivity index is 1.62. The number of hydrogen-bond donors (Lipinski definition) is 2. The Bertz CT molecular complexity index is 554. The number of nitrogens with two attached hydrogens (primary N) is 1. The van der Waals surface area contributed by atoms with Crippen LogP contribution < -0.4 is 10.5 Å². The van der Waals surface area contributed by atoms with Crippen molar-refractivity contribution in [3.63, 3.8) is 0 Å². The van der Waals surface area contributed by atoms with E-state index in [1.54, 1.807) is 12.1 Å². The highest BCUT2D eigenvalue weighted by atomic mass is 35.5. The minimum absolute atomic E-state index is 0.228. The Hall–Kier alpha value is -1.30. The summed E-state index contributed by atoms with van der Waals surface area (Å²) in [6, 6.07) is 7.23. The lowest BCUT2D eigenvalue weighted by Crippen LogP contribution is -2.42. The largest absolute Gasteiger partial charge is 0.488 e. The maximum atomic E-state index is 11.1. The average Bonchev–Trinajstić information content (AvgIpc) is 2.79. The molecule has 1 saturated heterocycles. The van der Waals surface area contributed by atoms with Crippen LogP contribution in [0, 0.1) is 11.8 Å². The van der Waals surface area contributed by atoms with Crippen LogP contribution in [0.3, 0.4) is 0 Å². The van der Waals surface area contributed by atoms with Gasteiger partial charge in [-0.25, -0.2) is 0 Å². The summed E-state index contributed by atoms with van der Waals surface area (Å²) in [7, 11) is 0. The van der Waals surface area contributed by atoms with E-state index < -0.39 is 6.10 Å². The normalized spacial score (nSPS) is 31.7. The van der Waals surface area contributed by atoms with Crippen LogP contribution in [0.4, 0.5) is 0 Å². The lowest BCUT2D eigenvalue weighted by molar-refractivity contribution is -0.118. The van der Waals surface area contributed by atoms with Gasteiger partial charge < -0.3 is 15.6 Å². The number of benzene rings is 1. The Kier molecular flexibility index (Phi) is 4.57. The van der Waals surface area contributed by atoms with Gasteiger partial charge in [-0.3, -0.25) is 9.69 Å². The van der Waals surface area contributed by atoms with Gasteiger partial charge in [0.05, 0.1) is 12.6 Å². The van der Waals surface area contributed by atoms with E-state index in [1.807, 2.05) is 12.1 Å². The van der Waals surface area contributed by atoms with Crippen LogP contribution >= 0.6 is 11.6 Å². The molecule has 0 spiro atoms. The Morgan fingerprint density at radius 3 is 2.77 bits per heavy atom. The molecule has 1 amide bonds. The van der Waals surface area contributed by atoms with Crippen molar-refractivity contribution in [3.05, 3.63) is 29.3 Å². The number of amides is 1. The molecule has 2 fully saturated rings. The van der Waals surface area contributed by atoms with E-state index >= 15 is 0 Å². The highest BCUT2D eigenvalue weighted by Gasteiger charge is 2.42. The van der Waals surface area contributed by atoms with Gasteiger partial charge in [-0.05, 0) is 42.9 Å². The fraction of sp³-hybridized carbons (Fsp3) is 0.562. The first kappa shape index (κ1) is 15.6. The molecular formula is C16H21ClN2O3. The first-order valence-corrected chi connectivity index (χ1v) is 8.00. The summed E-state index contributed by atoms with van der Waals surface area (Å²) in [6.45, 7) is 1.97. The molecule has 120 valence electrons. The van der Waals surface area contributed by atoms with Crippen LogP contribution in [-0.4, -0.2) is 47.8 Å². The predicted octanol–water partition coefficient (Wildman–Crippen LogP) is 1.28. The number of likely N-dealkylation sites (tertiary alicyclic amines) is 1. The van der Waals surface area contributed by atoms with Crippen LogP contribution in [0.15, 0.2) is 24.3 Å². The van der Waals surface area contributed by atoms with Crippen LogP contribution in [0.25, 0.3) is 0 Å². The number of primary amides is 1. The number of carbonyl (C=O) groups is 1. The molecule has 1 saturated carbocycles. The fourth-order valence-electron chi connectivity index (χ4n) is 3.68. The summed E-state index contributed by atoms with van der Waals surface area (Å²) in [6.07, 6.45) is 0.765. The van der Waals surface area contributed by atoms with Gasteiger partial charge in [-0.2, -0.15) is 0 Å². The SMILES string of the molecule is NC(=O)CN1C[C@H]2C[C@@H](Oc3cccc(Cl)c3)[C@H](O)C[C@H]2C1. The van der Waals surface area contributed by atoms with Gasteiger partial charge >= 0.3 is 0 Å². The number of ether oxygens (including phenoxy) is 1. The third-order valence-electron chi connectivity index (χ3n) is 4.62. The number of nitrogens with zero attached hydrogens (tertiary/aromatic N) is 1. The van der Waals surface area contributed by atoms with Crippen molar-refractivity contribution < 1.29 is 14.6 Å². The molecule has 2 aliphatic rings. The highest BCUT2D eigenvalue weighted by Crippen LogP contribution is 2.38. The number of fused-ring (bicyclic) bond motifs is 1. The maximum absolute atomic E-state index is 11.1. The number of hydrogen-bond acceptors (Lipinski definition) is 4. The summed E-state index contributed by atoms with van der Waals surface area (Å²) >= 11 is 5.96. The van der Waals surface area contributed by atoms with E-state index in [1.165, 1.54) is 0 Å². The number of carbonyl (C=O) groups excluding carboxylic acids is 1. The first-order chi connectivity index (χ1) is 10.5. The molecule has 3 rings (SSSR count). The van der Waals surface area contributed by atoms with Crippen molar-refractivity contribution in [2.45, 2.75) is 25.0 Å². The molecule has 1 aromatic carbocycles. The number of aliphatic hydroxyl groups excluding tert-OH is 1. The molecule has 0 unspecified atom stereocenters. The van der Waals surface area contributed by atoms with Crippen LogP contribution in [0.2, 0.25) is 5.02 Å². The Labute approximate surface area is 135 Å². The smallest absolute Gasteiger partial charge is 0.231 e. The van der Waals surface area contributed by atoms with Gasteiger partial charge in [0.2, 0.25) is 5.91 Å². The van der Waals surface area contributed by atoms with Crippen molar-refractivity contribution in [1.29, 1.82) is 0 Å². The van der Waals surface area contributed by atoms with Gasteiger partial charge in [0.25, 0.3) is 0 Å². The molecule has 1 heterocycles. The Morgan fingerprint density at radius 2 is 2.09 bits per heavy atom. The lowest BCUT2D eigenvalue weighted by atomic mass is 9.78. The third kappa shape index (κ3) is 3.54. The summed E-state index contributed by atoms with van der Waals surface area (Å²) in [5.74, 6) is 1.23. The molecule has 5 nitrogen and oxygen atoms in total. The van der Waals surface area contributed by atoms with Gasteiger partial charge in [-0.1, -0.05) is 17.7 Å². The highest BCUT2D eigenvalue weighted by molar-refractivity contribution is 6.30. The second-order valence-corrected chi connectivity index (χ2v) is 6.77. The standard InChI is InChI=1S/C16H21ClN2O3/c17-12-2-1-3-13(6-12)22-15-5-11-8-19(9-16(18)21)7-10(11)4-14(15)20/h1-3,6,10-11,14-15,20H,4-5,7-9H2,(H2,18,21)/t10-,11+,14+,15+/m0/s1. The fourth-order valence-corrected chi connectivity index (χ4v) is 3.86. The van der Waals surface area contributed by atoms with Crippen LogP contribution in [0.1, 0.15) is 12.8 Å².